The molecule has 2 aliphatic carbocycles. The smallest absolute Gasteiger partial charge is 0.251 e. The minimum absolute atomic E-state index is 0.0145. The zero-order chi connectivity index (χ0) is 16.4. The number of H-pyrrole nitrogens is 1. The SMILES string of the molecule is O=C(NC1CCc2[nH]ncc2C1)c1ccc(OC2CCCC2)cc1. The van der Waals surface area contributed by atoms with Gasteiger partial charge in [-0.15, -0.1) is 0 Å². The van der Waals surface area contributed by atoms with Crippen LogP contribution in [0.15, 0.2) is 30.5 Å². The molecule has 126 valence electrons. The molecule has 1 amide bonds. The van der Waals surface area contributed by atoms with Crippen molar-refractivity contribution < 1.29 is 9.53 Å². The van der Waals surface area contributed by atoms with Crippen molar-refractivity contribution in [3.8, 4) is 5.75 Å². The van der Waals surface area contributed by atoms with Gasteiger partial charge in [0.25, 0.3) is 5.91 Å². The van der Waals surface area contributed by atoms with Crippen LogP contribution in [-0.4, -0.2) is 28.3 Å². The molecule has 5 nitrogen and oxygen atoms in total. The first kappa shape index (κ1) is 15.2. The number of nitrogens with one attached hydrogen (secondary N) is 2. The summed E-state index contributed by atoms with van der Waals surface area (Å²) in [4.78, 5) is 12.4. The Labute approximate surface area is 141 Å². The normalized spacial score (nSPS) is 20.6. The largest absolute Gasteiger partial charge is 0.490 e. The van der Waals surface area contributed by atoms with Crippen LogP contribution in [-0.2, 0) is 12.8 Å². The zero-order valence-corrected chi connectivity index (χ0v) is 13.8. The van der Waals surface area contributed by atoms with Gasteiger partial charge in [0, 0.05) is 17.3 Å². The number of nitrogens with zero attached hydrogens (tertiary/aromatic N) is 1. The molecule has 2 aliphatic rings. The number of rotatable bonds is 4. The minimum atomic E-state index is -0.0145. The van der Waals surface area contributed by atoms with Gasteiger partial charge >= 0.3 is 0 Å². The maximum Gasteiger partial charge on any atom is 0.251 e. The first-order valence-corrected chi connectivity index (χ1v) is 8.86. The van der Waals surface area contributed by atoms with Crippen molar-refractivity contribution in [3.05, 3.63) is 47.3 Å². The van der Waals surface area contributed by atoms with E-state index in [0.29, 0.717) is 11.7 Å². The summed E-state index contributed by atoms with van der Waals surface area (Å²) in [5.74, 6) is 0.846. The first-order valence-electron chi connectivity index (χ1n) is 8.86. The fourth-order valence-corrected chi connectivity index (χ4v) is 3.69. The molecule has 2 N–H and O–H groups in total. The van der Waals surface area contributed by atoms with Crippen molar-refractivity contribution in [3.63, 3.8) is 0 Å². The lowest BCUT2D eigenvalue weighted by atomic mass is 9.93. The molecule has 2 aromatic rings. The first-order chi connectivity index (χ1) is 11.8. The molecule has 0 saturated heterocycles. The molecule has 0 radical (unpaired) electrons. The molecule has 1 atom stereocenters. The summed E-state index contributed by atoms with van der Waals surface area (Å²) >= 11 is 0. The van der Waals surface area contributed by atoms with Crippen LogP contribution in [0.5, 0.6) is 5.75 Å². The fraction of sp³-hybridized carbons (Fsp3) is 0.474. The summed E-state index contributed by atoms with van der Waals surface area (Å²) < 4.78 is 5.95. The van der Waals surface area contributed by atoms with Crippen LogP contribution >= 0.6 is 0 Å². The van der Waals surface area contributed by atoms with Crippen molar-refractivity contribution in [1.29, 1.82) is 0 Å². The molecule has 1 fully saturated rings. The number of hydrogen-bond acceptors (Lipinski definition) is 3. The number of amides is 1. The number of fused-ring (bicyclic) bond motifs is 1. The molecule has 0 aliphatic heterocycles. The molecule has 0 bridgehead atoms. The number of aromatic amines is 1. The predicted molar refractivity (Wildman–Crippen MR) is 91.2 cm³/mol. The molecule has 4 rings (SSSR count). The number of aryl methyl sites for hydroxylation is 1. The number of hydrogen-bond donors (Lipinski definition) is 2. The van der Waals surface area contributed by atoms with Crippen LogP contribution in [0.4, 0.5) is 0 Å². The van der Waals surface area contributed by atoms with Crippen LogP contribution in [0.1, 0.15) is 53.7 Å². The van der Waals surface area contributed by atoms with E-state index in [1.807, 2.05) is 30.5 Å². The van der Waals surface area contributed by atoms with Crippen molar-refractivity contribution in [2.45, 2.75) is 57.1 Å². The number of ether oxygens (including phenoxy) is 1. The molecule has 1 unspecified atom stereocenters. The van der Waals surface area contributed by atoms with Gasteiger partial charge in [0.2, 0.25) is 0 Å². The van der Waals surface area contributed by atoms with Crippen LogP contribution in [0.2, 0.25) is 0 Å². The van der Waals surface area contributed by atoms with Crippen molar-refractivity contribution >= 4 is 5.91 Å². The highest BCUT2D eigenvalue weighted by molar-refractivity contribution is 5.94. The second-order valence-corrected chi connectivity index (χ2v) is 6.84. The van der Waals surface area contributed by atoms with Crippen molar-refractivity contribution in [2.24, 2.45) is 0 Å². The standard InChI is InChI=1S/C19H23N3O2/c23-19(21-15-7-10-18-14(11-15)12-20-22-18)13-5-8-17(9-6-13)24-16-3-1-2-4-16/h5-6,8-9,12,15-16H,1-4,7,10-11H2,(H,20,22)(H,21,23). The Bertz CT molecular complexity index is 702. The van der Waals surface area contributed by atoms with E-state index in [1.54, 1.807) is 0 Å². The third kappa shape index (κ3) is 3.30. The second kappa shape index (κ2) is 6.67. The van der Waals surface area contributed by atoms with Crippen LogP contribution in [0.3, 0.4) is 0 Å². The number of aromatic nitrogens is 2. The summed E-state index contributed by atoms with van der Waals surface area (Å²) in [5.41, 5.74) is 3.10. The third-order valence-corrected chi connectivity index (χ3v) is 5.07. The van der Waals surface area contributed by atoms with Crippen molar-refractivity contribution in [1.82, 2.24) is 15.5 Å². The molecule has 5 heteroatoms. The lowest BCUT2D eigenvalue weighted by molar-refractivity contribution is 0.0933. The van der Waals surface area contributed by atoms with E-state index >= 15 is 0 Å². The summed E-state index contributed by atoms with van der Waals surface area (Å²) in [6, 6.07) is 7.69. The monoisotopic (exact) mass is 325 g/mol. The van der Waals surface area contributed by atoms with Gasteiger partial charge in [-0.05, 0) is 74.8 Å². The van der Waals surface area contributed by atoms with Gasteiger partial charge in [0.05, 0.1) is 12.3 Å². The Hall–Kier alpha value is -2.30. The predicted octanol–water partition coefficient (Wildman–Crippen LogP) is 3.02. The van der Waals surface area contributed by atoms with E-state index in [9.17, 15) is 4.79 Å². The molecule has 1 aromatic heterocycles. The van der Waals surface area contributed by atoms with Crippen LogP contribution < -0.4 is 10.1 Å². The molecule has 0 spiro atoms. The average molecular weight is 325 g/mol. The fourth-order valence-electron chi connectivity index (χ4n) is 3.69. The van der Waals surface area contributed by atoms with Gasteiger partial charge in [-0.3, -0.25) is 9.89 Å². The molecule has 1 aromatic carbocycles. The molecular formula is C19H23N3O2. The van der Waals surface area contributed by atoms with E-state index < -0.39 is 0 Å². The van der Waals surface area contributed by atoms with Gasteiger partial charge in [-0.2, -0.15) is 5.10 Å². The Kier molecular flexibility index (Phi) is 4.24. The van der Waals surface area contributed by atoms with Gasteiger partial charge in [-0.1, -0.05) is 0 Å². The average Bonchev–Trinajstić information content (AvgIpc) is 3.26. The number of carbonyl (C=O) groups excluding carboxylic acids is 1. The highest BCUT2D eigenvalue weighted by Crippen LogP contribution is 2.24. The second-order valence-electron chi connectivity index (χ2n) is 6.84. The summed E-state index contributed by atoms with van der Waals surface area (Å²) in [5, 5.41) is 10.2. The molecule has 1 heterocycles. The third-order valence-electron chi connectivity index (χ3n) is 5.07. The lowest BCUT2D eigenvalue weighted by Crippen LogP contribution is -2.38. The Balaban J connectivity index is 1.34. The number of benzene rings is 1. The highest BCUT2D eigenvalue weighted by Gasteiger charge is 2.22. The summed E-state index contributed by atoms with van der Waals surface area (Å²) in [6.07, 6.45) is 9.73. The topological polar surface area (TPSA) is 67.0 Å². The summed E-state index contributed by atoms with van der Waals surface area (Å²) in [7, 11) is 0. The van der Waals surface area contributed by atoms with Crippen LogP contribution in [0.25, 0.3) is 0 Å². The highest BCUT2D eigenvalue weighted by atomic mass is 16.5. The lowest BCUT2D eigenvalue weighted by Gasteiger charge is -2.23. The van der Waals surface area contributed by atoms with E-state index in [-0.39, 0.29) is 11.9 Å². The van der Waals surface area contributed by atoms with E-state index in [0.717, 1.165) is 37.9 Å². The molecule has 24 heavy (non-hydrogen) atoms. The Morgan fingerprint density at radius 2 is 1.96 bits per heavy atom. The van der Waals surface area contributed by atoms with E-state index in [1.165, 1.54) is 24.1 Å². The van der Waals surface area contributed by atoms with E-state index in [4.69, 9.17) is 4.74 Å². The van der Waals surface area contributed by atoms with Gasteiger partial charge in [0.1, 0.15) is 5.75 Å². The Morgan fingerprint density at radius 3 is 2.75 bits per heavy atom. The van der Waals surface area contributed by atoms with Crippen LogP contribution in [0, 0.1) is 0 Å². The maximum atomic E-state index is 12.4. The van der Waals surface area contributed by atoms with Gasteiger partial charge in [0.15, 0.2) is 0 Å². The van der Waals surface area contributed by atoms with Gasteiger partial charge < -0.3 is 10.1 Å². The minimum Gasteiger partial charge on any atom is -0.490 e. The van der Waals surface area contributed by atoms with E-state index in [2.05, 4.69) is 15.5 Å². The Morgan fingerprint density at radius 1 is 1.17 bits per heavy atom. The summed E-state index contributed by atoms with van der Waals surface area (Å²) in [6.45, 7) is 0. The molecular weight excluding hydrogens is 302 g/mol. The van der Waals surface area contributed by atoms with Gasteiger partial charge in [-0.25, -0.2) is 0 Å². The number of carbonyl (C=O) groups is 1. The zero-order valence-electron chi connectivity index (χ0n) is 13.8. The quantitative estimate of drug-likeness (QED) is 0.908. The molecule has 1 saturated carbocycles. The maximum absolute atomic E-state index is 12.4. The van der Waals surface area contributed by atoms with Crippen molar-refractivity contribution in [2.75, 3.05) is 0 Å².